The van der Waals surface area contributed by atoms with Gasteiger partial charge in [0.15, 0.2) is 5.76 Å². The molecule has 1 heterocycles. The van der Waals surface area contributed by atoms with Crippen LogP contribution in [-0.2, 0) is 11.2 Å². The summed E-state index contributed by atoms with van der Waals surface area (Å²) in [5.41, 5.74) is 1.77. The van der Waals surface area contributed by atoms with Gasteiger partial charge >= 0.3 is 0 Å². The van der Waals surface area contributed by atoms with E-state index in [4.69, 9.17) is 9.26 Å². The Hall–Kier alpha value is -1.77. The minimum atomic E-state index is 0.710. The molecule has 3 heteroatoms. The number of hydrogen-bond acceptors (Lipinski definition) is 3. The van der Waals surface area contributed by atoms with E-state index in [-0.39, 0.29) is 0 Å². The maximum atomic E-state index is 5.24. The number of nitrogens with zero attached hydrogens (tertiary/aromatic N) is 1. The summed E-state index contributed by atoms with van der Waals surface area (Å²) in [6.07, 6.45) is 8.69. The molecule has 0 saturated carbocycles. The van der Waals surface area contributed by atoms with E-state index in [2.05, 4.69) is 25.6 Å². The summed E-state index contributed by atoms with van der Waals surface area (Å²) in [6, 6.07) is 1.94. The molecule has 0 atom stereocenters. The lowest BCUT2D eigenvalue weighted by Gasteiger charge is -1.99. The molecule has 0 aliphatic heterocycles. The zero-order chi connectivity index (χ0) is 13.4. The minimum Gasteiger partial charge on any atom is -0.497 e. The first-order valence-electron chi connectivity index (χ1n) is 6.28. The summed E-state index contributed by atoms with van der Waals surface area (Å²) < 4.78 is 10.5. The van der Waals surface area contributed by atoms with Crippen molar-refractivity contribution in [1.82, 2.24) is 5.16 Å². The third-order valence-corrected chi connectivity index (χ3v) is 2.47. The van der Waals surface area contributed by atoms with Crippen molar-refractivity contribution in [1.29, 1.82) is 0 Å². The van der Waals surface area contributed by atoms with Crippen LogP contribution in [0.2, 0.25) is 0 Å². The number of rotatable bonds is 7. The number of allylic oxidation sites excluding steroid dienone is 4. The fourth-order valence-corrected chi connectivity index (χ4v) is 1.52. The van der Waals surface area contributed by atoms with Crippen LogP contribution in [0.15, 0.2) is 41.2 Å². The SMILES string of the molecule is C=C(/C=C\C(=C/CC)OC)c1cc(CCC)no1. The largest absolute Gasteiger partial charge is 0.497 e. The molecule has 1 aromatic rings. The van der Waals surface area contributed by atoms with Gasteiger partial charge in [0, 0.05) is 11.6 Å². The van der Waals surface area contributed by atoms with E-state index in [1.807, 2.05) is 24.3 Å². The van der Waals surface area contributed by atoms with Gasteiger partial charge in [0.2, 0.25) is 0 Å². The average molecular weight is 247 g/mol. The maximum absolute atomic E-state index is 5.24. The van der Waals surface area contributed by atoms with Gasteiger partial charge in [-0.15, -0.1) is 0 Å². The van der Waals surface area contributed by atoms with Crippen molar-refractivity contribution in [2.24, 2.45) is 0 Å². The highest BCUT2D eigenvalue weighted by molar-refractivity contribution is 5.68. The molecule has 0 fully saturated rings. The Morgan fingerprint density at radius 2 is 2.22 bits per heavy atom. The first-order valence-corrected chi connectivity index (χ1v) is 6.28. The van der Waals surface area contributed by atoms with E-state index in [1.54, 1.807) is 7.11 Å². The Morgan fingerprint density at radius 1 is 1.44 bits per heavy atom. The van der Waals surface area contributed by atoms with Crippen molar-refractivity contribution in [3.8, 4) is 0 Å². The van der Waals surface area contributed by atoms with E-state index >= 15 is 0 Å². The molecule has 0 amide bonds. The zero-order valence-electron chi connectivity index (χ0n) is 11.4. The Kier molecular flexibility index (Phi) is 5.98. The van der Waals surface area contributed by atoms with Crippen LogP contribution in [0.4, 0.5) is 0 Å². The van der Waals surface area contributed by atoms with Crippen LogP contribution in [0.3, 0.4) is 0 Å². The summed E-state index contributed by atoms with van der Waals surface area (Å²) in [7, 11) is 1.66. The van der Waals surface area contributed by atoms with Crippen LogP contribution < -0.4 is 0 Å². The molecule has 1 rings (SSSR count). The average Bonchev–Trinajstić information content (AvgIpc) is 2.83. The van der Waals surface area contributed by atoms with Crippen molar-refractivity contribution in [2.75, 3.05) is 7.11 Å². The quantitative estimate of drug-likeness (QED) is 0.536. The Balaban J connectivity index is 2.69. The summed E-state index contributed by atoms with van der Waals surface area (Å²) in [4.78, 5) is 0. The predicted octanol–water partition coefficient (Wildman–Crippen LogP) is 4.14. The van der Waals surface area contributed by atoms with Gasteiger partial charge in [-0.1, -0.05) is 32.0 Å². The van der Waals surface area contributed by atoms with Gasteiger partial charge in [-0.3, -0.25) is 0 Å². The van der Waals surface area contributed by atoms with Gasteiger partial charge in [0.25, 0.3) is 0 Å². The molecule has 0 aromatic carbocycles. The van der Waals surface area contributed by atoms with Crippen molar-refractivity contribution >= 4 is 5.57 Å². The zero-order valence-corrected chi connectivity index (χ0v) is 11.4. The summed E-state index contributed by atoms with van der Waals surface area (Å²) in [6.45, 7) is 8.14. The molecule has 3 nitrogen and oxygen atoms in total. The minimum absolute atomic E-state index is 0.710. The van der Waals surface area contributed by atoms with Gasteiger partial charge in [-0.25, -0.2) is 0 Å². The Labute approximate surface area is 109 Å². The van der Waals surface area contributed by atoms with E-state index < -0.39 is 0 Å². The van der Waals surface area contributed by atoms with E-state index in [1.165, 1.54) is 0 Å². The van der Waals surface area contributed by atoms with Crippen molar-refractivity contribution in [2.45, 2.75) is 33.1 Å². The van der Waals surface area contributed by atoms with Crippen LogP contribution in [0, 0.1) is 0 Å². The van der Waals surface area contributed by atoms with E-state index in [0.717, 1.165) is 36.3 Å². The molecule has 18 heavy (non-hydrogen) atoms. The second-order valence-corrected chi connectivity index (χ2v) is 4.01. The number of hydrogen-bond donors (Lipinski definition) is 0. The van der Waals surface area contributed by atoms with E-state index in [9.17, 15) is 0 Å². The molecular weight excluding hydrogens is 226 g/mol. The van der Waals surface area contributed by atoms with Crippen LogP contribution in [0.1, 0.15) is 38.1 Å². The fourth-order valence-electron chi connectivity index (χ4n) is 1.52. The molecule has 0 N–H and O–H groups in total. The molecule has 98 valence electrons. The molecule has 0 bridgehead atoms. The third-order valence-electron chi connectivity index (χ3n) is 2.47. The fraction of sp³-hybridized carbons (Fsp3) is 0.400. The standard InChI is InChI=1S/C15H21NO2/c1-5-7-13-11-15(18-16-13)12(3)9-10-14(17-4)8-6-2/h8-11H,3,5-7H2,1-2,4H3/b10-9-,14-8+. The molecule has 1 aromatic heterocycles. The predicted molar refractivity (Wildman–Crippen MR) is 74.1 cm³/mol. The molecular formula is C15H21NO2. The highest BCUT2D eigenvalue weighted by atomic mass is 16.5. The molecule has 0 unspecified atom stereocenters. The van der Waals surface area contributed by atoms with Gasteiger partial charge in [0.05, 0.1) is 12.8 Å². The smallest absolute Gasteiger partial charge is 0.166 e. The number of methoxy groups -OCH3 is 1. The first-order chi connectivity index (χ1) is 8.71. The molecule has 0 radical (unpaired) electrons. The summed E-state index contributed by atoms with van der Waals surface area (Å²) >= 11 is 0. The Bertz CT molecular complexity index is 441. The van der Waals surface area contributed by atoms with Crippen molar-refractivity contribution in [3.05, 3.63) is 48.1 Å². The molecule has 0 aliphatic carbocycles. The Morgan fingerprint density at radius 3 is 2.83 bits per heavy atom. The van der Waals surface area contributed by atoms with Gasteiger partial charge in [0.1, 0.15) is 5.76 Å². The number of ether oxygens (including phenoxy) is 1. The second kappa shape index (κ2) is 7.54. The van der Waals surface area contributed by atoms with Crippen molar-refractivity contribution in [3.63, 3.8) is 0 Å². The summed E-state index contributed by atoms with van der Waals surface area (Å²) in [5, 5.41) is 4.00. The topological polar surface area (TPSA) is 35.3 Å². The van der Waals surface area contributed by atoms with Crippen LogP contribution in [0.25, 0.3) is 5.57 Å². The number of aromatic nitrogens is 1. The van der Waals surface area contributed by atoms with Crippen LogP contribution >= 0.6 is 0 Å². The summed E-state index contributed by atoms with van der Waals surface area (Å²) in [5.74, 6) is 1.54. The van der Waals surface area contributed by atoms with Crippen molar-refractivity contribution < 1.29 is 9.26 Å². The molecule has 0 aliphatic rings. The molecule has 0 saturated heterocycles. The van der Waals surface area contributed by atoms with Crippen LogP contribution in [0.5, 0.6) is 0 Å². The lowest BCUT2D eigenvalue weighted by atomic mass is 10.1. The molecule has 0 spiro atoms. The van der Waals surface area contributed by atoms with Gasteiger partial charge in [-0.2, -0.15) is 0 Å². The monoisotopic (exact) mass is 247 g/mol. The maximum Gasteiger partial charge on any atom is 0.166 e. The normalized spacial score (nSPS) is 12.1. The lowest BCUT2D eigenvalue weighted by molar-refractivity contribution is 0.305. The lowest BCUT2D eigenvalue weighted by Crippen LogP contribution is -1.82. The third kappa shape index (κ3) is 4.24. The van der Waals surface area contributed by atoms with E-state index in [0.29, 0.717) is 5.76 Å². The van der Waals surface area contributed by atoms with Gasteiger partial charge in [-0.05, 0) is 31.1 Å². The first kappa shape index (κ1) is 14.3. The van der Waals surface area contributed by atoms with Crippen LogP contribution in [-0.4, -0.2) is 12.3 Å². The highest BCUT2D eigenvalue weighted by Crippen LogP contribution is 2.17. The second-order valence-electron chi connectivity index (χ2n) is 4.01. The number of aryl methyl sites for hydroxylation is 1. The highest BCUT2D eigenvalue weighted by Gasteiger charge is 2.04. The van der Waals surface area contributed by atoms with Gasteiger partial charge < -0.3 is 9.26 Å².